The first-order valence-corrected chi connectivity index (χ1v) is 10.6. The number of benzene rings is 1. The third-order valence-corrected chi connectivity index (χ3v) is 5.11. The first kappa shape index (κ1) is 23.6. The van der Waals surface area contributed by atoms with Crippen molar-refractivity contribution in [1.29, 1.82) is 0 Å². The highest BCUT2D eigenvalue weighted by Gasteiger charge is 2.32. The maximum atomic E-state index is 14.0. The lowest BCUT2D eigenvalue weighted by Gasteiger charge is -2.21. The SMILES string of the molecule is C[C@](O)(CS(N)(=O)=O)c1cccc(-c2cnn(Cc3cc(OC(F)(F)F)ccc3F)n2)n1. The van der Waals surface area contributed by atoms with Crippen LogP contribution in [0.1, 0.15) is 18.2 Å². The summed E-state index contributed by atoms with van der Waals surface area (Å²) < 4.78 is 77.7. The molecule has 0 saturated carbocycles. The Balaban J connectivity index is 1.84. The molecule has 0 spiro atoms. The number of nitrogens with zero attached hydrogens (tertiary/aromatic N) is 4. The van der Waals surface area contributed by atoms with Crippen LogP contribution in [0.4, 0.5) is 17.6 Å². The van der Waals surface area contributed by atoms with Crippen LogP contribution in [0.3, 0.4) is 0 Å². The van der Waals surface area contributed by atoms with Gasteiger partial charge in [0.25, 0.3) is 0 Å². The van der Waals surface area contributed by atoms with Crippen molar-refractivity contribution < 1.29 is 35.8 Å². The smallest absolute Gasteiger partial charge is 0.406 e. The zero-order chi connectivity index (χ0) is 23.7. The van der Waals surface area contributed by atoms with Crippen LogP contribution < -0.4 is 9.88 Å². The van der Waals surface area contributed by atoms with Crippen LogP contribution in [0.2, 0.25) is 0 Å². The summed E-state index contributed by atoms with van der Waals surface area (Å²) >= 11 is 0. The average Bonchev–Trinajstić information content (AvgIpc) is 3.10. The lowest BCUT2D eigenvalue weighted by Crippen LogP contribution is -2.35. The zero-order valence-electron chi connectivity index (χ0n) is 16.4. The van der Waals surface area contributed by atoms with Gasteiger partial charge in [-0.3, -0.25) is 0 Å². The molecular weight excluding hydrogens is 458 g/mol. The van der Waals surface area contributed by atoms with E-state index in [4.69, 9.17) is 5.14 Å². The molecule has 3 aromatic rings. The summed E-state index contributed by atoms with van der Waals surface area (Å²) in [5.41, 5.74) is -1.59. The summed E-state index contributed by atoms with van der Waals surface area (Å²) in [7, 11) is -4.00. The molecule has 2 aromatic heterocycles. The van der Waals surface area contributed by atoms with E-state index in [0.29, 0.717) is 0 Å². The number of alkyl halides is 3. The minimum Gasteiger partial charge on any atom is -0.406 e. The van der Waals surface area contributed by atoms with Crippen molar-refractivity contribution in [2.24, 2.45) is 5.14 Å². The van der Waals surface area contributed by atoms with Crippen molar-refractivity contribution in [2.45, 2.75) is 25.4 Å². The predicted molar refractivity (Wildman–Crippen MR) is 103 cm³/mol. The summed E-state index contributed by atoms with van der Waals surface area (Å²) in [6.07, 6.45) is -3.65. The molecule has 3 N–H and O–H groups in total. The highest BCUT2D eigenvalue weighted by Crippen LogP contribution is 2.26. The molecule has 0 bridgehead atoms. The van der Waals surface area contributed by atoms with Gasteiger partial charge in [-0.05, 0) is 37.3 Å². The number of pyridine rings is 1. The molecule has 0 aliphatic rings. The van der Waals surface area contributed by atoms with Gasteiger partial charge in [0, 0.05) is 5.56 Å². The highest BCUT2D eigenvalue weighted by atomic mass is 32.2. The predicted octanol–water partition coefficient (Wildman–Crippen LogP) is 1.92. The standard InChI is InChI=1S/C18H17F4N5O4S/c1-17(28,10-32(23,29)30)16-4-2-3-14(25-16)15-8-24-27(26-15)9-11-7-12(5-6-13(11)19)31-18(20,21)22/h2-8,28H,9-10H2,1H3,(H2,23,29,30)/t17-/m0/s1. The van der Waals surface area contributed by atoms with E-state index in [1.807, 2.05) is 0 Å². The van der Waals surface area contributed by atoms with Gasteiger partial charge in [0.05, 0.1) is 29.9 Å². The number of hydrogen-bond acceptors (Lipinski definition) is 7. The molecule has 172 valence electrons. The van der Waals surface area contributed by atoms with Crippen molar-refractivity contribution in [3.8, 4) is 17.1 Å². The molecule has 0 amide bonds. The Morgan fingerprint density at radius 3 is 2.56 bits per heavy atom. The van der Waals surface area contributed by atoms with Gasteiger partial charge in [0.15, 0.2) is 0 Å². The normalized spacial score (nSPS) is 14.2. The van der Waals surface area contributed by atoms with Gasteiger partial charge in [0.1, 0.15) is 22.9 Å². The molecule has 1 atom stereocenters. The molecule has 2 heterocycles. The van der Waals surface area contributed by atoms with E-state index in [1.54, 1.807) is 0 Å². The summed E-state index contributed by atoms with van der Waals surface area (Å²) in [4.78, 5) is 5.22. The summed E-state index contributed by atoms with van der Waals surface area (Å²) in [5, 5.41) is 23.5. The molecule has 0 saturated heterocycles. The van der Waals surface area contributed by atoms with Crippen LogP contribution in [0.15, 0.2) is 42.6 Å². The fraction of sp³-hybridized carbons (Fsp3) is 0.278. The van der Waals surface area contributed by atoms with E-state index in [0.717, 1.165) is 23.0 Å². The van der Waals surface area contributed by atoms with Crippen LogP contribution in [-0.4, -0.2) is 45.6 Å². The van der Waals surface area contributed by atoms with Crippen LogP contribution in [0.25, 0.3) is 11.4 Å². The summed E-state index contributed by atoms with van der Waals surface area (Å²) in [5.74, 6) is -2.14. The molecule has 0 radical (unpaired) electrons. The minimum atomic E-state index is -4.92. The Labute approximate surface area is 179 Å². The summed E-state index contributed by atoms with van der Waals surface area (Å²) in [6, 6.07) is 6.99. The Morgan fingerprint density at radius 1 is 1.19 bits per heavy atom. The minimum absolute atomic E-state index is 0.0154. The van der Waals surface area contributed by atoms with E-state index in [9.17, 15) is 31.1 Å². The highest BCUT2D eigenvalue weighted by molar-refractivity contribution is 7.89. The molecule has 0 aliphatic carbocycles. The van der Waals surface area contributed by atoms with Crippen molar-refractivity contribution >= 4 is 10.0 Å². The van der Waals surface area contributed by atoms with Gasteiger partial charge in [-0.25, -0.2) is 22.9 Å². The van der Waals surface area contributed by atoms with E-state index < -0.39 is 39.3 Å². The van der Waals surface area contributed by atoms with E-state index in [2.05, 4.69) is 19.9 Å². The van der Waals surface area contributed by atoms with Gasteiger partial charge in [-0.15, -0.1) is 13.2 Å². The molecule has 1 aromatic carbocycles. The Kier molecular flexibility index (Phi) is 6.22. The molecule has 14 heteroatoms. The third kappa shape index (κ3) is 6.21. The van der Waals surface area contributed by atoms with Crippen LogP contribution in [0.5, 0.6) is 5.75 Å². The fourth-order valence-electron chi connectivity index (χ4n) is 2.86. The van der Waals surface area contributed by atoms with Crippen LogP contribution in [0, 0.1) is 5.82 Å². The van der Waals surface area contributed by atoms with Crippen molar-refractivity contribution in [1.82, 2.24) is 20.0 Å². The van der Waals surface area contributed by atoms with Crippen molar-refractivity contribution in [3.63, 3.8) is 0 Å². The first-order chi connectivity index (χ1) is 14.7. The lowest BCUT2D eigenvalue weighted by molar-refractivity contribution is -0.274. The Bertz CT molecular complexity index is 1230. The largest absolute Gasteiger partial charge is 0.573 e. The number of halogens is 4. The Morgan fingerprint density at radius 2 is 1.91 bits per heavy atom. The third-order valence-electron chi connectivity index (χ3n) is 4.14. The van der Waals surface area contributed by atoms with Gasteiger partial charge < -0.3 is 9.84 Å². The number of aromatic nitrogens is 4. The average molecular weight is 475 g/mol. The molecule has 9 nitrogen and oxygen atoms in total. The van der Waals surface area contributed by atoms with Crippen LogP contribution in [-0.2, 0) is 22.2 Å². The van der Waals surface area contributed by atoms with E-state index in [1.165, 1.54) is 31.3 Å². The number of primary sulfonamides is 1. The van der Waals surface area contributed by atoms with Gasteiger partial charge >= 0.3 is 6.36 Å². The molecule has 0 fully saturated rings. The van der Waals surface area contributed by atoms with Gasteiger partial charge in [-0.2, -0.15) is 15.0 Å². The molecule has 0 aliphatic heterocycles. The van der Waals surface area contributed by atoms with Crippen molar-refractivity contribution in [2.75, 3.05) is 5.75 Å². The Hall–Kier alpha value is -3.10. The molecular formula is C18H17F4N5O4S. The summed E-state index contributed by atoms with van der Waals surface area (Å²) in [6.45, 7) is 0.933. The fourth-order valence-corrected chi connectivity index (χ4v) is 3.79. The van der Waals surface area contributed by atoms with E-state index >= 15 is 0 Å². The lowest BCUT2D eigenvalue weighted by atomic mass is 10.0. The second kappa shape index (κ2) is 8.44. The zero-order valence-corrected chi connectivity index (χ0v) is 17.2. The van der Waals surface area contributed by atoms with Crippen LogP contribution >= 0.6 is 0 Å². The van der Waals surface area contributed by atoms with Gasteiger partial charge in [-0.1, -0.05) is 6.07 Å². The molecule has 32 heavy (non-hydrogen) atoms. The molecule has 3 rings (SSSR count). The second-order valence-corrected chi connectivity index (χ2v) is 8.66. The maximum absolute atomic E-state index is 14.0. The number of ether oxygens (including phenoxy) is 1. The van der Waals surface area contributed by atoms with E-state index in [-0.39, 0.29) is 29.2 Å². The maximum Gasteiger partial charge on any atom is 0.573 e. The quantitative estimate of drug-likeness (QED) is 0.499. The van der Waals surface area contributed by atoms with Gasteiger partial charge in [0.2, 0.25) is 10.0 Å². The topological polar surface area (TPSA) is 133 Å². The monoisotopic (exact) mass is 475 g/mol. The number of hydrogen-bond donors (Lipinski definition) is 2. The number of aliphatic hydroxyl groups is 1. The first-order valence-electron chi connectivity index (χ1n) is 8.87. The number of nitrogens with two attached hydrogens (primary N) is 1. The molecule has 0 unspecified atom stereocenters. The van der Waals surface area contributed by atoms with Crippen molar-refractivity contribution in [3.05, 3.63) is 59.7 Å². The number of rotatable bonds is 7. The second-order valence-electron chi connectivity index (χ2n) is 7.05. The number of sulfonamides is 1.